The van der Waals surface area contributed by atoms with E-state index in [0.717, 1.165) is 5.06 Å². The van der Waals surface area contributed by atoms with Crippen LogP contribution in [0.4, 0.5) is 13.2 Å². The number of fused-ring (bicyclic) bond motifs is 1. The van der Waals surface area contributed by atoms with E-state index >= 15 is 8.78 Å². The third-order valence-electron chi connectivity index (χ3n) is 8.34. The number of aromatic nitrogens is 1. The summed E-state index contributed by atoms with van der Waals surface area (Å²) in [4.78, 5) is 41.4. The van der Waals surface area contributed by atoms with Crippen LogP contribution in [0.25, 0.3) is 0 Å². The molecule has 1 aromatic heterocycles. The number of nitrogens with zero attached hydrogens (tertiary/aromatic N) is 4. The molecule has 0 amide bonds. The van der Waals surface area contributed by atoms with E-state index in [2.05, 4.69) is 10.3 Å². The number of ether oxygens (including phenoxy) is 2. The minimum Gasteiger partial charge on any atom is -0.479 e. The molecule has 2 saturated heterocycles. The number of aliphatic carboxylic acids is 1. The molecular formula is C29H34F3N5O6S. The summed E-state index contributed by atoms with van der Waals surface area (Å²) in [6, 6.07) is 1.37. The van der Waals surface area contributed by atoms with Crippen LogP contribution in [0.15, 0.2) is 46.0 Å². The molecule has 0 radical (unpaired) electrons. The first-order valence-electron chi connectivity index (χ1n) is 14.1. The minimum atomic E-state index is -3.22. The van der Waals surface area contributed by atoms with E-state index < -0.39 is 53.9 Å². The molecule has 2 fully saturated rings. The fourth-order valence-electron chi connectivity index (χ4n) is 5.78. The van der Waals surface area contributed by atoms with E-state index in [4.69, 9.17) is 19.3 Å². The van der Waals surface area contributed by atoms with Crippen LogP contribution in [0.5, 0.6) is 0 Å². The van der Waals surface area contributed by atoms with Gasteiger partial charge < -0.3 is 19.9 Å². The van der Waals surface area contributed by atoms with E-state index in [-0.39, 0.29) is 44.0 Å². The predicted molar refractivity (Wildman–Crippen MR) is 154 cm³/mol. The first-order valence-corrected chi connectivity index (χ1v) is 15.0. The predicted octanol–water partition coefficient (Wildman–Crippen LogP) is 3.31. The van der Waals surface area contributed by atoms with Gasteiger partial charge in [-0.15, -0.1) is 11.3 Å². The van der Waals surface area contributed by atoms with Gasteiger partial charge in [0.2, 0.25) is 0 Å². The molecule has 15 heteroatoms. The highest BCUT2D eigenvalue weighted by molar-refractivity contribution is 7.11. The summed E-state index contributed by atoms with van der Waals surface area (Å²) >= 11 is 1.30. The van der Waals surface area contributed by atoms with Crippen LogP contribution in [0, 0.1) is 12.7 Å². The van der Waals surface area contributed by atoms with E-state index in [1.165, 1.54) is 42.4 Å². The molecular weight excluding hydrogens is 603 g/mol. The zero-order valence-electron chi connectivity index (χ0n) is 24.7. The highest BCUT2D eigenvalue weighted by Gasteiger charge is 2.61. The molecule has 3 aliphatic rings. The number of alkyl halides is 2. The van der Waals surface area contributed by atoms with Crippen LogP contribution in [-0.4, -0.2) is 101 Å². The van der Waals surface area contributed by atoms with Crippen molar-refractivity contribution in [2.75, 3.05) is 40.0 Å². The first kappa shape index (κ1) is 32.0. The summed E-state index contributed by atoms with van der Waals surface area (Å²) in [5.74, 6) is -5.30. The number of hydrogen-bond acceptors (Lipinski definition) is 11. The van der Waals surface area contributed by atoms with Gasteiger partial charge >= 0.3 is 11.9 Å². The van der Waals surface area contributed by atoms with Gasteiger partial charge in [-0.1, -0.05) is 12.1 Å². The van der Waals surface area contributed by atoms with Crippen molar-refractivity contribution in [1.29, 1.82) is 0 Å². The van der Waals surface area contributed by atoms with Crippen molar-refractivity contribution in [3.8, 4) is 0 Å². The summed E-state index contributed by atoms with van der Waals surface area (Å²) in [5.41, 5.74) is -0.484. The fourth-order valence-corrected chi connectivity index (χ4v) is 6.37. The summed E-state index contributed by atoms with van der Waals surface area (Å²) in [6.45, 7) is 3.73. The smallest absolute Gasteiger partial charge is 0.338 e. The fraction of sp³-hybridized carbons (Fsp3) is 0.517. The number of amidine groups is 1. The lowest BCUT2D eigenvalue weighted by Crippen LogP contribution is -2.48. The summed E-state index contributed by atoms with van der Waals surface area (Å²) in [5, 5.41) is 16.1. The number of carboxylic acids is 1. The zero-order valence-corrected chi connectivity index (χ0v) is 25.5. The van der Waals surface area contributed by atoms with Gasteiger partial charge in [0.05, 0.1) is 31.4 Å². The maximum absolute atomic E-state index is 15.6. The van der Waals surface area contributed by atoms with Crippen LogP contribution < -0.4 is 5.32 Å². The van der Waals surface area contributed by atoms with Gasteiger partial charge in [0, 0.05) is 43.9 Å². The average Bonchev–Trinajstić information content (AvgIpc) is 3.72. The minimum absolute atomic E-state index is 0.0551. The molecule has 44 heavy (non-hydrogen) atoms. The van der Waals surface area contributed by atoms with Crippen molar-refractivity contribution in [2.45, 2.75) is 56.8 Å². The van der Waals surface area contributed by atoms with Gasteiger partial charge in [0.15, 0.2) is 16.4 Å². The van der Waals surface area contributed by atoms with Crippen molar-refractivity contribution in [3.63, 3.8) is 0 Å². The molecule has 0 aliphatic carbocycles. The summed E-state index contributed by atoms with van der Waals surface area (Å²) in [6.07, 6.45) is 1.51. The number of thiazole rings is 1. The topological polar surface area (TPSA) is 126 Å². The van der Waals surface area contributed by atoms with Gasteiger partial charge in [0.1, 0.15) is 17.9 Å². The lowest BCUT2D eigenvalue weighted by Gasteiger charge is -2.31. The summed E-state index contributed by atoms with van der Waals surface area (Å²) < 4.78 is 56.5. The molecule has 5 rings (SSSR count). The molecule has 3 aliphatic heterocycles. The number of benzene rings is 1. The Kier molecular flexibility index (Phi) is 9.14. The van der Waals surface area contributed by atoms with Crippen LogP contribution in [-0.2, 0) is 23.9 Å². The van der Waals surface area contributed by atoms with Gasteiger partial charge in [-0.3, -0.25) is 14.7 Å². The molecule has 11 nitrogen and oxygen atoms in total. The number of hydroxylamine groups is 2. The number of halogens is 3. The van der Waals surface area contributed by atoms with Crippen molar-refractivity contribution in [1.82, 2.24) is 20.3 Å². The molecule has 4 heterocycles. The second kappa shape index (κ2) is 12.6. The largest absolute Gasteiger partial charge is 0.479 e. The first-order chi connectivity index (χ1) is 20.9. The molecule has 2 N–H and O–H groups in total. The highest BCUT2D eigenvalue weighted by Crippen LogP contribution is 2.42. The third-order valence-corrected chi connectivity index (χ3v) is 9.12. The number of likely N-dealkylation sites (tertiary alicyclic amines) is 1. The molecule has 0 unspecified atom stereocenters. The van der Waals surface area contributed by atoms with Crippen LogP contribution in [0.2, 0.25) is 0 Å². The Bertz CT molecular complexity index is 1470. The number of esters is 1. The van der Waals surface area contributed by atoms with E-state index in [9.17, 15) is 19.1 Å². The lowest BCUT2D eigenvalue weighted by atomic mass is 9.92. The maximum atomic E-state index is 15.6. The molecule has 2 aromatic rings. The number of carbonyl (C=O) groups is 2. The second-order valence-electron chi connectivity index (χ2n) is 11.0. The second-order valence-corrected chi connectivity index (χ2v) is 11.9. The van der Waals surface area contributed by atoms with Crippen molar-refractivity contribution in [3.05, 3.63) is 63.0 Å². The van der Waals surface area contributed by atoms with Crippen LogP contribution in [0.1, 0.15) is 42.4 Å². The van der Waals surface area contributed by atoms with Crippen LogP contribution >= 0.6 is 11.3 Å². The molecule has 4 atom stereocenters. The highest BCUT2D eigenvalue weighted by atomic mass is 32.1. The average molecular weight is 638 g/mol. The molecule has 0 saturated carbocycles. The van der Waals surface area contributed by atoms with E-state index in [0.29, 0.717) is 22.0 Å². The van der Waals surface area contributed by atoms with Gasteiger partial charge in [-0.2, -0.15) is 5.06 Å². The monoisotopic (exact) mass is 637 g/mol. The molecule has 0 spiro atoms. The Balaban J connectivity index is 1.50. The number of rotatable bonds is 11. The normalized spacial score (nSPS) is 24.9. The van der Waals surface area contributed by atoms with E-state index in [1.807, 2.05) is 0 Å². The van der Waals surface area contributed by atoms with Crippen molar-refractivity contribution >= 4 is 29.1 Å². The van der Waals surface area contributed by atoms with Gasteiger partial charge in [0.25, 0.3) is 5.92 Å². The van der Waals surface area contributed by atoms with Crippen LogP contribution in [0.3, 0.4) is 0 Å². The molecule has 1 aromatic carbocycles. The number of hydrogen-bond donors (Lipinski definition) is 2. The number of carboxylic acid groups (broad SMARTS) is 1. The van der Waals surface area contributed by atoms with E-state index in [1.54, 1.807) is 31.5 Å². The Morgan fingerprint density at radius 2 is 2.11 bits per heavy atom. The number of nitrogens with one attached hydrogen (secondary N) is 1. The standard InChI is InChI=1S/C29H34F3N5O6S/c1-5-42-26(38)21-19(34-24(25-33-10-12-44-25)35-22(21)17-7-6-8-18(30)16(17)2)13-36-15-29(31,32)23-20(36)14-43-37(23)11-9-28(3,41-4)27(39)40/h6-8,10,12,20,22-23H,5,9,11,13-15H2,1-4H3,(H,34,35)(H,39,40)/t20-,22+,23+,28-/m1/s1. The Morgan fingerprint density at radius 1 is 1.34 bits per heavy atom. The molecule has 238 valence electrons. The Hall–Kier alpha value is -3.37. The quantitative estimate of drug-likeness (QED) is 0.355. The Morgan fingerprint density at radius 3 is 2.77 bits per heavy atom. The van der Waals surface area contributed by atoms with Crippen molar-refractivity contribution in [2.24, 2.45) is 4.99 Å². The third kappa shape index (κ3) is 5.98. The number of methoxy groups -OCH3 is 1. The van der Waals surface area contributed by atoms with Gasteiger partial charge in [-0.05, 0) is 38.0 Å². The summed E-state index contributed by atoms with van der Waals surface area (Å²) in [7, 11) is 1.25. The SMILES string of the molecule is CCOC(=O)C1=C(CN2CC(F)(F)[C@@H]3[C@H]2CON3CC[C@@](C)(OC)C(=O)O)NC(c2nccs2)=N[C@H]1c1cccc(F)c1C. The maximum Gasteiger partial charge on any atom is 0.338 e. The zero-order chi connectivity index (χ0) is 31.8. The lowest BCUT2D eigenvalue weighted by molar-refractivity contribution is -0.192. The number of carbonyl (C=O) groups excluding carboxylic acids is 1. The number of aliphatic imine (C=N–C) groups is 1. The van der Waals surface area contributed by atoms with Crippen molar-refractivity contribution < 1.29 is 42.2 Å². The molecule has 0 bridgehead atoms. The Labute approximate surface area is 256 Å². The van der Waals surface area contributed by atoms with Gasteiger partial charge in [-0.25, -0.2) is 27.7 Å².